The van der Waals surface area contributed by atoms with E-state index in [0.717, 1.165) is 18.4 Å². The van der Waals surface area contributed by atoms with E-state index in [2.05, 4.69) is 11.9 Å². The first kappa shape index (κ1) is 13.4. The Kier molecular flexibility index (Phi) is 3.46. The van der Waals surface area contributed by atoms with Crippen LogP contribution in [0, 0.1) is 0 Å². The number of benzene rings is 1. The van der Waals surface area contributed by atoms with Crippen LogP contribution in [0.1, 0.15) is 31.7 Å². The van der Waals surface area contributed by atoms with Crippen molar-refractivity contribution in [1.29, 1.82) is 0 Å². The van der Waals surface area contributed by atoms with Crippen molar-refractivity contribution in [2.24, 2.45) is 10.7 Å². The quantitative estimate of drug-likeness (QED) is 0.806. The van der Waals surface area contributed by atoms with Crippen molar-refractivity contribution in [1.82, 2.24) is 4.90 Å². The van der Waals surface area contributed by atoms with Gasteiger partial charge in [0, 0.05) is 12.7 Å². The monoisotopic (exact) mass is 260 g/mol. The molecular formula is C14H20N4O. The third kappa shape index (κ3) is 2.41. The largest absolute Gasteiger partial charge is 0.399 e. The molecule has 0 radical (unpaired) electrons. The summed E-state index contributed by atoms with van der Waals surface area (Å²) in [5.41, 5.74) is 12.8. The lowest BCUT2D eigenvalue weighted by atomic mass is 9.81. The van der Waals surface area contributed by atoms with Crippen LogP contribution in [0.5, 0.6) is 0 Å². The van der Waals surface area contributed by atoms with Crippen LogP contribution in [0.25, 0.3) is 0 Å². The van der Waals surface area contributed by atoms with Crippen LogP contribution in [-0.4, -0.2) is 23.8 Å². The van der Waals surface area contributed by atoms with E-state index >= 15 is 0 Å². The molecule has 0 aliphatic carbocycles. The fourth-order valence-electron chi connectivity index (χ4n) is 2.53. The second kappa shape index (κ2) is 4.91. The van der Waals surface area contributed by atoms with Crippen molar-refractivity contribution in [2.75, 3.05) is 12.8 Å². The first-order valence-electron chi connectivity index (χ1n) is 6.46. The second-order valence-electron chi connectivity index (χ2n) is 5.01. The van der Waals surface area contributed by atoms with Gasteiger partial charge in [-0.05, 0) is 24.1 Å². The van der Waals surface area contributed by atoms with Gasteiger partial charge in [0.2, 0.25) is 5.91 Å². The number of nitrogens with two attached hydrogens (primary N) is 2. The summed E-state index contributed by atoms with van der Waals surface area (Å²) in [4.78, 5) is 18.1. The van der Waals surface area contributed by atoms with Gasteiger partial charge in [0.25, 0.3) is 0 Å². The molecule has 1 aliphatic heterocycles. The highest BCUT2D eigenvalue weighted by Crippen LogP contribution is 2.38. The van der Waals surface area contributed by atoms with Crippen LogP contribution < -0.4 is 11.5 Å². The van der Waals surface area contributed by atoms with E-state index in [4.69, 9.17) is 11.5 Å². The summed E-state index contributed by atoms with van der Waals surface area (Å²) in [5, 5.41) is 0. The number of guanidine groups is 1. The van der Waals surface area contributed by atoms with Gasteiger partial charge in [-0.1, -0.05) is 25.5 Å². The van der Waals surface area contributed by atoms with E-state index in [9.17, 15) is 4.79 Å². The van der Waals surface area contributed by atoms with Gasteiger partial charge in [-0.2, -0.15) is 0 Å². The number of carbonyl (C=O) groups excluding carboxylic acids is 1. The van der Waals surface area contributed by atoms with Gasteiger partial charge in [0.15, 0.2) is 5.96 Å². The third-order valence-electron chi connectivity index (χ3n) is 3.58. The summed E-state index contributed by atoms with van der Waals surface area (Å²) < 4.78 is 0. The van der Waals surface area contributed by atoms with E-state index in [0.29, 0.717) is 12.1 Å². The van der Waals surface area contributed by atoms with Crippen molar-refractivity contribution in [3.8, 4) is 0 Å². The van der Waals surface area contributed by atoms with Crippen LogP contribution >= 0.6 is 0 Å². The number of hydrogen-bond acceptors (Lipinski definition) is 4. The Morgan fingerprint density at radius 3 is 2.74 bits per heavy atom. The Labute approximate surface area is 113 Å². The Balaban J connectivity index is 2.53. The maximum Gasteiger partial charge on any atom is 0.231 e. The molecule has 2 rings (SSSR count). The van der Waals surface area contributed by atoms with Crippen LogP contribution in [-0.2, 0) is 10.3 Å². The zero-order valence-electron chi connectivity index (χ0n) is 11.4. The highest BCUT2D eigenvalue weighted by molar-refractivity contribution is 5.98. The van der Waals surface area contributed by atoms with Crippen molar-refractivity contribution in [3.05, 3.63) is 29.8 Å². The molecule has 0 aromatic heterocycles. The van der Waals surface area contributed by atoms with Crippen molar-refractivity contribution < 1.29 is 4.79 Å². The average molecular weight is 260 g/mol. The zero-order chi connectivity index (χ0) is 14.0. The molecule has 0 fully saturated rings. The summed E-state index contributed by atoms with van der Waals surface area (Å²) in [6, 6.07) is 7.55. The number of nitrogens with zero attached hydrogens (tertiary/aromatic N) is 2. The first-order chi connectivity index (χ1) is 8.98. The van der Waals surface area contributed by atoms with E-state index < -0.39 is 5.54 Å². The summed E-state index contributed by atoms with van der Waals surface area (Å²) in [6.07, 6.45) is 2.03. The molecule has 0 saturated heterocycles. The Morgan fingerprint density at radius 1 is 1.42 bits per heavy atom. The molecule has 5 heteroatoms. The first-order valence-corrected chi connectivity index (χ1v) is 6.46. The van der Waals surface area contributed by atoms with Crippen molar-refractivity contribution in [3.63, 3.8) is 0 Å². The lowest BCUT2D eigenvalue weighted by molar-refractivity contribution is -0.128. The van der Waals surface area contributed by atoms with Gasteiger partial charge in [-0.15, -0.1) is 0 Å². The summed E-state index contributed by atoms with van der Waals surface area (Å²) in [6.45, 7) is 2.07. The molecule has 19 heavy (non-hydrogen) atoms. The number of amides is 1. The summed E-state index contributed by atoms with van der Waals surface area (Å²) in [7, 11) is 1.65. The van der Waals surface area contributed by atoms with Gasteiger partial charge in [-0.25, -0.2) is 4.99 Å². The van der Waals surface area contributed by atoms with Crippen molar-refractivity contribution in [2.45, 2.75) is 31.7 Å². The van der Waals surface area contributed by atoms with Crippen LogP contribution in [0.2, 0.25) is 0 Å². The average Bonchev–Trinajstić information content (AvgIpc) is 2.36. The maximum atomic E-state index is 12.1. The number of aliphatic imine (C=N–C) groups is 1. The standard InChI is InChI=1S/C14H20N4O/c1-3-7-14(10-5-4-6-11(15)8-10)9-12(19)18(2)13(16)17-14/h4-6,8H,3,7,9,15H2,1-2H3,(H2,16,17)/t14-/m0/s1. The van der Waals surface area contributed by atoms with Gasteiger partial charge in [-0.3, -0.25) is 9.69 Å². The van der Waals surface area contributed by atoms with Gasteiger partial charge in [0.1, 0.15) is 0 Å². The fraction of sp³-hybridized carbons (Fsp3) is 0.429. The molecule has 4 N–H and O–H groups in total. The lowest BCUT2D eigenvalue weighted by Gasteiger charge is -2.36. The predicted molar refractivity (Wildman–Crippen MR) is 76.4 cm³/mol. The molecule has 102 valence electrons. The van der Waals surface area contributed by atoms with E-state index in [1.54, 1.807) is 7.05 Å². The Morgan fingerprint density at radius 2 is 2.16 bits per heavy atom. The smallest absolute Gasteiger partial charge is 0.231 e. The number of rotatable bonds is 3. The number of carbonyl (C=O) groups is 1. The number of hydrogen-bond donors (Lipinski definition) is 2. The number of anilines is 1. The molecule has 0 bridgehead atoms. The minimum absolute atomic E-state index is 0.0108. The summed E-state index contributed by atoms with van der Waals surface area (Å²) in [5.74, 6) is 0.260. The topological polar surface area (TPSA) is 84.7 Å². The van der Waals surface area contributed by atoms with Crippen LogP contribution in [0.4, 0.5) is 5.69 Å². The molecule has 1 aliphatic rings. The van der Waals surface area contributed by atoms with E-state index in [1.165, 1.54) is 4.90 Å². The molecule has 1 aromatic carbocycles. The van der Waals surface area contributed by atoms with Gasteiger partial charge < -0.3 is 11.5 Å². The van der Waals surface area contributed by atoms with E-state index in [1.807, 2.05) is 24.3 Å². The fourth-order valence-corrected chi connectivity index (χ4v) is 2.53. The Bertz CT molecular complexity index is 526. The molecular weight excluding hydrogens is 240 g/mol. The van der Waals surface area contributed by atoms with Crippen LogP contribution in [0.15, 0.2) is 29.3 Å². The SMILES string of the molecule is CCC[C@@]1(c2cccc(N)c2)CC(=O)N(C)C(N)=N1. The van der Waals surface area contributed by atoms with Crippen molar-refractivity contribution >= 4 is 17.6 Å². The maximum absolute atomic E-state index is 12.1. The summed E-state index contributed by atoms with van der Waals surface area (Å²) >= 11 is 0. The molecule has 0 saturated carbocycles. The molecule has 5 nitrogen and oxygen atoms in total. The predicted octanol–water partition coefficient (Wildman–Crippen LogP) is 1.44. The molecule has 1 amide bonds. The molecule has 1 aromatic rings. The third-order valence-corrected chi connectivity index (χ3v) is 3.58. The molecule has 0 spiro atoms. The zero-order valence-corrected chi connectivity index (χ0v) is 11.4. The lowest BCUT2D eigenvalue weighted by Crippen LogP contribution is -2.48. The van der Waals surface area contributed by atoms with Crippen LogP contribution in [0.3, 0.4) is 0 Å². The minimum Gasteiger partial charge on any atom is -0.399 e. The Hall–Kier alpha value is -2.04. The minimum atomic E-state index is -0.572. The highest BCUT2D eigenvalue weighted by Gasteiger charge is 2.39. The van der Waals surface area contributed by atoms with Gasteiger partial charge in [0.05, 0.1) is 12.0 Å². The molecule has 0 unspecified atom stereocenters. The highest BCUT2D eigenvalue weighted by atomic mass is 16.2. The van der Waals surface area contributed by atoms with Gasteiger partial charge >= 0.3 is 0 Å². The molecule has 1 atom stereocenters. The number of nitrogen functional groups attached to an aromatic ring is 1. The van der Waals surface area contributed by atoms with E-state index in [-0.39, 0.29) is 11.9 Å². The second-order valence-corrected chi connectivity index (χ2v) is 5.01. The normalized spacial score (nSPS) is 23.4. The molecule has 1 heterocycles.